The summed E-state index contributed by atoms with van der Waals surface area (Å²) < 4.78 is 18.7. The van der Waals surface area contributed by atoms with Gasteiger partial charge in [0, 0.05) is 22.3 Å². The Balaban J connectivity index is 1.19. The molecule has 5 aliphatic rings. The highest BCUT2D eigenvalue weighted by molar-refractivity contribution is 6.01. The number of allylic oxidation sites excluding steroid dienone is 4. The average Bonchev–Trinajstić information content (AvgIpc) is 3.50. The number of hydrogen-bond acceptors (Lipinski definition) is 8. The van der Waals surface area contributed by atoms with Gasteiger partial charge in [0.2, 0.25) is 0 Å². The van der Waals surface area contributed by atoms with E-state index in [4.69, 9.17) is 19.9 Å². The van der Waals surface area contributed by atoms with Crippen LogP contribution in [0.5, 0.6) is 5.75 Å². The van der Waals surface area contributed by atoms with E-state index in [1.807, 2.05) is 48.5 Å². The highest BCUT2D eigenvalue weighted by Crippen LogP contribution is 2.70. The van der Waals surface area contributed by atoms with Crippen molar-refractivity contribution in [2.75, 3.05) is 19.5 Å². The van der Waals surface area contributed by atoms with Crippen molar-refractivity contribution in [3.63, 3.8) is 0 Å². The number of ketones is 2. The molecule has 0 spiro atoms. The van der Waals surface area contributed by atoms with Crippen LogP contribution >= 0.6 is 0 Å². The number of nitrogens with two attached hydrogens (primary N) is 1. The number of aliphatic hydroxyl groups excluding tert-OH is 2. The molecule has 1 aliphatic heterocycles. The number of Topliss-reactive ketones (excluding diaryl/α,β-unsaturated/α-hetero) is 1. The number of nitrogen functional groups attached to an aromatic ring is 1. The minimum atomic E-state index is -1.38. The third-order valence-corrected chi connectivity index (χ3v) is 11.7. The summed E-state index contributed by atoms with van der Waals surface area (Å²) >= 11 is 0. The molecule has 1 saturated heterocycles. The summed E-state index contributed by atoms with van der Waals surface area (Å²) in [4.78, 5) is 26.0. The number of carbonyl (C=O) groups is 2. The van der Waals surface area contributed by atoms with E-state index >= 15 is 0 Å². The highest BCUT2D eigenvalue weighted by Gasteiger charge is 2.75. The van der Waals surface area contributed by atoms with Gasteiger partial charge in [0.15, 0.2) is 23.5 Å². The molecule has 7 rings (SSSR count). The van der Waals surface area contributed by atoms with Crippen LogP contribution in [0.25, 0.3) is 0 Å². The Hall–Kier alpha value is -3.30. The zero-order valence-corrected chi connectivity index (χ0v) is 25.5. The fraction of sp³-hybridized carbons (Fsp3) is 0.500. The van der Waals surface area contributed by atoms with Gasteiger partial charge in [0.05, 0.1) is 25.0 Å². The molecule has 8 heteroatoms. The smallest absolute Gasteiger partial charge is 0.193 e. The molecule has 0 aromatic heterocycles. The molecule has 3 saturated carbocycles. The summed E-state index contributed by atoms with van der Waals surface area (Å²) in [7, 11) is 1.59. The van der Waals surface area contributed by atoms with Crippen LogP contribution in [0.4, 0.5) is 5.69 Å². The Morgan fingerprint density at radius 3 is 2.70 bits per heavy atom. The van der Waals surface area contributed by atoms with E-state index in [9.17, 15) is 19.8 Å². The van der Waals surface area contributed by atoms with E-state index in [-0.39, 0.29) is 23.5 Å². The zero-order valence-electron chi connectivity index (χ0n) is 25.5. The summed E-state index contributed by atoms with van der Waals surface area (Å²) in [6.07, 6.45) is 6.50. The summed E-state index contributed by atoms with van der Waals surface area (Å²) in [6.45, 7) is 3.52. The molecule has 8 nitrogen and oxygen atoms in total. The molecular weight excluding hydrogens is 558 g/mol. The first-order valence-corrected chi connectivity index (χ1v) is 15.6. The van der Waals surface area contributed by atoms with Gasteiger partial charge in [-0.25, -0.2) is 0 Å². The monoisotopic (exact) mass is 599 g/mol. The molecule has 0 bridgehead atoms. The third-order valence-electron chi connectivity index (χ3n) is 11.7. The molecule has 0 radical (unpaired) electrons. The molecule has 4 N–H and O–H groups in total. The van der Waals surface area contributed by atoms with Gasteiger partial charge in [-0.3, -0.25) is 9.59 Å². The number of anilines is 1. The Kier molecular flexibility index (Phi) is 6.94. The number of fused-ring (bicyclic) bond motifs is 7. The van der Waals surface area contributed by atoms with Gasteiger partial charge >= 0.3 is 0 Å². The first kappa shape index (κ1) is 29.4. The van der Waals surface area contributed by atoms with Crippen molar-refractivity contribution in [1.29, 1.82) is 0 Å². The van der Waals surface area contributed by atoms with Gasteiger partial charge < -0.3 is 30.2 Å². The van der Waals surface area contributed by atoms with Crippen LogP contribution in [-0.2, 0) is 25.5 Å². The highest BCUT2D eigenvalue weighted by atomic mass is 16.7. The van der Waals surface area contributed by atoms with Crippen molar-refractivity contribution >= 4 is 17.3 Å². The maximum atomic E-state index is 13.8. The van der Waals surface area contributed by atoms with Crippen molar-refractivity contribution in [2.45, 2.75) is 70.1 Å². The fourth-order valence-corrected chi connectivity index (χ4v) is 9.81. The lowest BCUT2D eigenvalue weighted by molar-refractivity contribution is -0.201. The van der Waals surface area contributed by atoms with Crippen molar-refractivity contribution in [3.8, 4) is 5.75 Å². The molecule has 232 valence electrons. The summed E-state index contributed by atoms with van der Waals surface area (Å²) in [5, 5.41) is 22.1. The van der Waals surface area contributed by atoms with Crippen LogP contribution < -0.4 is 10.5 Å². The van der Waals surface area contributed by atoms with Gasteiger partial charge in [-0.15, -0.1) is 0 Å². The van der Waals surface area contributed by atoms with Crippen LogP contribution in [0.1, 0.15) is 62.5 Å². The van der Waals surface area contributed by atoms with Crippen LogP contribution in [-0.4, -0.2) is 53.3 Å². The summed E-state index contributed by atoms with van der Waals surface area (Å²) in [5.74, 6) is 0.327. The largest absolute Gasteiger partial charge is 0.495 e. The quantitative estimate of drug-likeness (QED) is 0.415. The predicted molar refractivity (Wildman–Crippen MR) is 164 cm³/mol. The molecule has 2 aromatic rings. The van der Waals surface area contributed by atoms with E-state index in [0.717, 1.165) is 35.1 Å². The van der Waals surface area contributed by atoms with E-state index < -0.39 is 47.3 Å². The number of aliphatic hydroxyl groups is 2. The van der Waals surface area contributed by atoms with Crippen molar-refractivity contribution in [1.82, 2.24) is 0 Å². The Morgan fingerprint density at radius 2 is 1.95 bits per heavy atom. The van der Waals surface area contributed by atoms with E-state index in [1.165, 1.54) is 0 Å². The topological polar surface area (TPSA) is 128 Å². The number of rotatable bonds is 6. The van der Waals surface area contributed by atoms with E-state index in [2.05, 4.69) is 13.8 Å². The predicted octanol–water partition coefficient (Wildman–Crippen LogP) is 4.47. The number of ether oxygens (including phenoxy) is 3. The lowest BCUT2D eigenvalue weighted by Crippen LogP contribution is -2.63. The molecule has 2 aromatic carbocycles. The van der Waals surface area contributed by atoms with Gasteiger partial charge in [-0.1, -0.05) is 55.8 Å². The number of carbonyl (C=O) groups excluding carboxylic acids is 2. The Morgan fingerprint density at radius 1 is 1.16 bits per heavy atom. The van der Waals surface area contributed by atoms with Crippen molar-refractivity contribution in [3.05, 3.63) is 83.0 Å². The second-order valence-corrected chi connectivity index (χ2v) is 13.8. The second kappa shape index (κ2) is 10.4. The lowest BCUT2D eigenvalue weighted by Gasteiger charge is -2.59. The molecule has 0 unspecified atom stereocenters. The maximum absolute atomic E-state index is 13.8. The molecule has 9 atom stereocenters. The minimum absolute atomic E-state index is 0.000928. The first-order chi connectivity index (χ1) is 21.0. The van der Waals surface area contributed by atoms with Crippen LogP contribution in [0, 0.1) is 28.6 Å². The molecule has 0 amide bonds. The number of benzene rings is 2. The third kappa shape index (κ3) is 4.11. The summed E-state index contributed by atoms with van der Waals surface area (Å²) in [6, 6.07) is 13.7. The van der Waals surface area contributed by atoms with Crippen LogP contribution in [0.2, 0.25) is 0 Å². The Labute approximate surface area is 257 Å². The summed E-state index contributed by atoms with van der Waals surface area (Å²) in [5.41, 5.74) is 8.14. The molecule has 1 heterocycles. The van der Waals surface area contributed by atoms with Crippen LogP contribution in [0.15, 0.2) is 66.3 Å². The number of hydrogen-bond donors (Lipinski definition) is 3. The van der Waals surface area contributed by atoms with Crippen molar-refractivity contribution in [2.24, 2.45) is 28.6 Å². The minimum Gasteiger partial charge on any atom is -0.495 e. The molecule has 4 aliphatic carbocycles. The van der Waals surface area contributed by atoms with Gasteiger partial charge in [0.25, 0.3) is 0 Å². The number of methoxy groups -OCH3 is 1. The molecule has 44 heavy (non-hydrogen) atoms. The standard InChI is InChI=1S/C36H41NO7/c1-34-12-11-24(39)16-23(34)8-9-25-26-17-31-36(30(41)19-38,35(26,2)18-28(40)32(25)34)44-33(43-31)22-6-4-5-20(14-22)13-21-7-10-29(42-3)27(37)15-21/h4-7,10-12,14-16,25-26,28,31-33,38,40H,8-9,13,17-19,37H2,1-3H3/t25-,26-,28-,31+,32+,33+,34-,35-,36+/m0/s1. The molecule has 4 fully saturated rings. The zero-order chi connectivity index (χ0) is 31.0. The maximum Gasteiger partial charge on any atom is 0.193 e. The SMILES string of the molecule is COc1ccc(Cc2cccc([C@@H]3O[C@@H]4C[C@H]5[C@@H]6CCC7=CC(=O)C=C[C@]7(C)[C@H]6[C@@H](O)C[C@]5(C)[C@]4(C(=O)CO)O3)c2)cc1N. The average molecular weight is 600 g/mol. The second-order valence-electron chi connectivity index (χ2n) is 13.8. The Bertz CT molecular complexity index is 1580. The first-order valence-electron chi connectivity index (χ1n) is 15.6. The van der Waals surface area contributed by atoms with Crippen molar-refractivity contribution < 1.29 is 34.0 Å². The normalized spacial score (nSPS) is 38.8. The lowest BCUT2D eigenvalue weighted by atomic mass is 9.46. The van der Waals surface area contributed by atoms with Gasteiger partial charge in [-0.2, -0.15) is 0 Å². The molecular formula is C36H41NO7. The van der Waals surface area contributed by atoms with Gasteiger partial charge in [-0.05, 0) is 79.4 Å². The van der Waals surface area contributed by atoms with E-state index in [0.29, 0.717) is 30.7 Å². The fourth-order valence-electron chi connectivity index (χ4n) is 9.81. The van der Waals surface area contributed by atoms with Gasteiger partial charge in [0.1, 0.15) is 12.4 Å². The van der Waals surface area contributed by atoms with E-state index in [1.54, 1.807) is 19.3 Å². The van der Waals surface area contributed by atoms with Crippen LogP contribution in [0.3, 0.4) is 0 Å².